The molecule has 0 heterocycles. The van der Waals surface area contributed by atoms with E-state index in [-0.39, 0.29) is 0 Å². The summed E-state index contributed by atoms with van der Waals surface area (Å²) < 4.78 is 21.1. The van der Waals surface area contributed by atoms with Gasteiger partial charge in [-0.05, 0) is 25.6 Å². The van der Waals surface area contributed by atoms with E-state index in [1.807, 2.05) is 6.92 Å². The minimum Gasteiger partial charge on any atom is -0.471 e. The highest BCUT2D eigenvalue weighted by molar-refractivity contribution is 7.80. The minimum atomic E-state index is -2.45. The van der Waals surface area contributed by atoms with Gasteiger partial charge in [0.25, 0.3) is 5.17 Å². The molecule has 0 radical (unpaired) electrons. The highest BCUT2D eigenvalue weighted by atomic mass is 32.1. The molecule has 96 valence electrons. The second-order valence-electron chi connectivity index (χ2n) is 3.07. The Hall–Kier alpha value is -0.213. The Morgan fingerprint density at radius 3 is 2.19 bits per heavy atom. The topological polar surface area (TPSA) is 49.0 Å². The van der Waals surface area contributed by atoms with Gasteiger partial charge in [0, 0.05) is 33.9 Å². The van der Waals surface area contributed by atoms with Gasteiger partial charge in [-0.25, -0.2) is 0 Å². The fourth-order valence-electron chi connectivity index (χ4n) is 1.21. The second kappa shape index (κ2) is 8.88. The van der Waals surface area contributed by atoms with Gasteiger partial charge in [-0.15, -0.1) is 0 Å². The SMILES string of the molecule is CCNC(=S)OCCC[Si](OC)(OC)OC. The van der Waals surface area contributed by atoms with Crippen molar-refractivity contribution in [1.82, 2.24) is 5.32 Å². The Morgan fingerprint density at radius 2 is 1.75 bits per heavy atom. The maximum absolute atomic E-state index is 5.29. The highest BCUT2D eigenvalue weighted by Crippen LogP contribution is 2.14. The summed E-state index contributed by atoms with van der Waals surface area (Å²) in [5.41, 5.74) is 0. The predicted octanol–water partition coefficient (Wildman–Crippen LogP) is 1.17. The molecule has 0 unspecified atom stereocenters. The Labute approximate surface area is 104 Å². The molecule has 0 rings (SSSR count). The Bertz CT molecular complexity index is 194. The number of hydrogen-bond donors (Lipinski definition) is 1. The van der Waals surface area contributed by atoms with Gasteiger partial charge in [0.2, 0.25) is 0 Å². The molecule has 0 fully saturated rings. The molecular formula is C9H21NO4SSi. The van der Waals surface area contributed by atoms with Crippen LogP contribution in [0, 0.1) is 0 Å². The van der Waals surface area contributed by atoms with Crippen LogP contribution in [-0.4, -0.2) is 48.5 Å². The normalized spacial score (nSPS) is 11.2. The third kappa shape index (κ3) is 5.76. The number of nitrogens with one attached hydrogen (secondary N) is 1. The summed E-state index contributed by atoms with van der Waals surface area (Å²) in [7, 11) is 2.35. The number of ether oxygens (including phenoxy) is 1. The average Bonchev–Trinajstić information content (AvgIpc) is 2.31. The maximum Gasteiger partial charge on any atom is 0.500 e. The first-order chi connectivity index (χ1) is 7.64. The molecule has 5 nitrogen and oxygen atoms in total. The Kier molecular flexibility index (Phi) is 8.77. The molecule has 0 spiro atoms. The fraction of sp³-hybridized carbons (Fsp3) is 0.889. The van der Waals surface area contributed by atoms with Crippen LogP contribution in [0.1, 0.15) is 13.3 Å². The van der Waals surface area contributed by atoms with Gasteiger partial charge in [0.15, 0.2) is 0 Å². The third-order valence-electron chi connectivity index (χ3n) is 2.11. The van der Waals surface area contributed by atoms with E-state index in [1.165, 1.54) is 0 Å². The lowest BCUT2D eigenvalue weighted by Crippen LogP contribution is -2.42. The lowest BCUT2D eigenvalue weighted by atomic mass is 10.5. The molecule has 0 aliphatic heterocycles. The molecule has 0 saturated heterocycles. The van der Waals surface area contributed by atoms with Gasteiger partial charge in [0.1, 0.15) is 0 Å². The lowest BCUT2D eigenvalue weighted by Gasteiger charge is -2.24. The van der Waals surface area contributed by atoms with Crippen LogP contribution in [-0.2, 0) is 18.0 Å². The van der Waals surface area contributed by atoms with E-state index in [1.54, 1.807) is 21.3 Å². The van der Waals surface area contributed by atoms with Crippen molar-refractivity contribution in [2.24, 2.45) is 0 Å². The largest absolute Gasteiger partial charge is 0.500 e. The van der Waals surface area contributed by atoms with Gasteiger partial charge < -0.3 is 23.3 Å². The van der Waals surface area contributed by atoms with Crippen molar-refractivity contribution in [3.63, 3.8) is 0 Å². The van der Waals surface area contributed by atoms with E-state index in [4.69, 9.17) is 30.2 Å². The molecule has 7 heteroatoms. The molecule has 0 amide bonds. The quantitative estimate of drug-likeness (QED) is 0.405. The third-order valence-corrected chi connectivity index (χ3v) is 5.21. The monoisotopic (exact) mass is 267 g/mol. The van der Waals surface area contributed by atoms with E-state index < -0.39 is 8.80 Å². The van der Waals surface area contributed by atoms with Gasteiger partial charge in [0.05, 0.1) is 6.61 Å². The number of hydrogen-bond acceptors (Lipinski definition) is 5. The zero-order valence-electron chi connectivity index (χ0n) is 10.4. The summed E-state index contributed by atoms with van der Waals surface area (Å²) >= 11 is 4.93. The van der Waals surface area contributed by atoms with Crippen molar-refractivity contribution in [2.75, 3.05) is 34.5 Å². The number of rotatable bonds is 8. The van der Waals surface area contributed by atoms with E-state index in [0.717, 1.165) is 13.0 Å². The van der Waals surface area contributed by atoms with Crippen molar-refractivity contribution >= 4 is 26.2 Å². The molecule has 0 bridgehead atoms. The highest BCUT2D eigenvalue weighted by Gasteiger charge is 2.36. The average molecular weight is 267 g/mol. The van der Waals surface area contributed by atoms with Crippen molar-refractivity contribution in [2.45, 2.75) is 19.4 Å². The van der Waals surface area contributed by atoms with Crippen molar-refractivity contribution in [3.05, 3.63) is 0 Å². The smallest absolute Gasteiger partial charge is 0.471 e. The summed E-state index contributed by atoms with van der Waals surface area (Å²) in [6, 6.07) is 0.714. The van der Waals surface area contributed by atoms with Crippen LogP contribution in [0.3, 0.4) is 0 Å². The molecule has 0 aromatic rings. The van der Waals surface area contributed by atoms with E-state index in [9.17, 15) is 0 Å². The Balaban J connectivity index is 3.74. The molecule has 0 atom stereocenters. The predicted molar refractivity (Wildman–Crippen MR) is 68.4 cm³/mol. The zero-order valence-corrected chi connectivity index (χ0v) is 12.2. The van der Waals surface area contributed by atoms with Gasteiger partial charge in [-0.1, -0.05) is 0 Å². The lowest BCUT2D eigenvalue weighted by molar-refractivity contribution is 0.120. The van der Waals surface area contributed by atoms with Crippen LogP contribution in [0.4, 0.5) is 0 Å². The van der Waals surface area contributed by atoms with E-state index in [2.05, 4.69) is 5.32 Å². The first-order valence-electron chi connectivity index (χ1n) is 5.20. The zero-order chi connectivity index (χ0) is 12.4. The van der Waals surface area contributed by atoms with Crippen molar-refractivity contribution in [3.8, 4) is 0 Å². The molecule has 0 saturated carbocycles. The van der Waals surface area contributed by atoms with Crippen molar-refractivity contribution in [1.29, 1.82) is 0 Å². The van der Waals surface area contributed by atoms with Crippen LogP contribution < -0.4 is 5.32 Å². The molecule has 0 aliphatic rings. The van der Waals surface area contributed by atoms with Crippen LogP contribution in [0.5, 0.6) is 0 Å². The van der Waals surface area contributed by atoms with E-state index >= 15 is 0 Å². The van der Waals surface area contributed by atoms with Gasteiger partial charge >= 0.3 is 8.80 Å². The molecular weight excluding hydrogens is 246 g/mol. The molecule has 0 aromatic carbocycles. The summed E-state index contributed by atoms with van der Waals surface area (Å²) in [6.07, 6.45) is 0.785. The van der Waals surface area contributed by atoms with Gasteiger partial charge in [-0.3, -0.25) is 0 Å². The van der Waals surface area contributed by atoms with Crippen LogP contribution in [0.15, 0.2) is 0 Å². The molecule has 16 heavy (non-hydrogen) atoms. The fourth-order valence-corrected chi connectivity index (χ4v) is 3.12. The number of thiocarbonyl (C=S) groups is 1. The summed E-state index contributed by atoms with van der Waals surface area (Å²) in [4.78, 5) is 0. The molecule has 1 N–H and O–H groups in total. The maximum atomic E-state index is 5.29. The van der Waals surface area contributed by atoms with E-state index in [0.29, 0.717) is 17.8 Å². The summed E-state index contributed by atoms with van der Waals surface area (Å²) in [6.45, 7) is 3.27. The second-order valence-corrected chi connectivity index (χ2v) is 6.53. The first kappa shape index (κ1) is 15.8. The minimum absolute atomic E-state index is 0.432. The van der Waals surface area contributed by atoms with Gasteiger partial charge in [-0.2, -0.15) is 0 Å². The van der Waals surface area contributed by atoms with Crippen LogP contribution in [0.25, 0.3) is 0 Å². The van der Waals surface area contributed by atoms with Crippen molar-refractivity contribution < 1.29 is 18.0 Å². The Morgan fingerprint density at radius 1 is 1.19 bits per heavy atom. The summed E-state index contributed by atoms with van der Waals surface area (Å²) in [5.74, 6) is 0. The van der Waals surface area contributed by atoms with Crippen LogP contribution in [0.2, 0.25) is 6.04 Å². The molecule has 0 aliphatic carbocycles. The first-order valence-corrected chi connectivity index (χ1v) is 7.54. The van der Waals surface area contributed by atoms with Crippen LogP contribution >= 0.6 is 12.2 Å². The summed E-state index contributed by atoms with van der Waals surface area (Å²) in [5, 5.41) is 3.34. The molecule has 0 aromatic heterocycles. The standard InChI is InChI=1S/C9H21NO4SSi/c1-5-10-9(15)14-7-6-8-16(11-2,12-3)13-4/h5-8H2,1-4H3,(H,10,15).